The molecule has 1 aromatic rings. The zero-order valence-electron chi connectivity index (χ0n) is 14.9. The molecule has 1 amide bonds. The Bertz CT molecular complexity index is 549. The van der Waals surface area contributed by atoms with Crippen molar-refractivity contribution in [3.63, 3.8) is 0 Å². The number of anilines is 2. The molecule has 0 bridgehead atoms. The number of hydrogen-bond donors (Lipinski definition) is 3. The van der Waals surface area contributed by atoms with E-state index in [9.17, 15) is 9.18 Å². The third-order valence-corrected chi connectivity index (χ3v) is 4.58. The van der Waals surface area contributed by atoms with Gasteiger partial charge in [0, 0.05) is 12.5 Å². The average Bonchev–Trinajstić information content (AvgIpc) is 2.50. The summed E-state index contributed by atoms with van der Waals surface area (Å²) >= 11 is 0. The Morgan fingerprint density at radius 1 is 1.20 bits per heavy atom. The van der Waals surface area contributed by atoms with Gasteiger partial charge in [-0.2, -0.15) is 0 Å². The zero-order chi connectivity index (χ0) is 16.9. The lowest BCUT2D eigenvalue weighted by Crippen LogP contribution is -2.36. The molecule has 7 heteroatoms. The van der Waals surface area contributed by atoms with Crippen molar-refractivity contribution in [1.29, 1.82) is 0 Å². The van der Waals surface area contributed by atoms with E-state index in [-0.39, 0.29) is 48.0 Å². The maximum Gasteiger partial charge on any atom is 0.225 e. The Hall–Kier alpha value is -1.04. The van der Waals surface area contributed by atoms with Gasteiger partial charge >= 0.3 is 0 Å². The van der Waals surface area contributed by atoms with Crippen LogP contribution in [-0.4, -0.2) is 18.5 Å². The second-order valence-electron chi connectivity index (χ2n) is 6.98. The van der Waals surface area contributed by atoms with Crippen LogP contribution in [0.3, 0.4) is 0 Å². The molecule has 1 aliphatic carbocycles. The van der Waals surface area contributed by atoms with E-state index in [1.807, 2.05) is 13.8 Å². The van der Waals surface area contributed by atoms with Crippen molar-refractivity contribution >= 4 is 42.1 Å². The largest absolute Gasteiger partial charge is 0.381 e. The maximum absolute atomic E-state index is 13.5. The minimum absolute atomic E-state index is 0. The zero-order valence-corrected chi connectivity index (χ0v) is 16.6. The summed E-state index contributed by atoms with van der Waals surface area (Å²) in [5.74, 6) is -0.449. The summed E-state index contributed by atoms with van der Waals surface area (Å²) in [6.07, 6.45) is 5.88. The first-order valence-corrected chi connectivity index (χ1v) is 8.50. The van der Waals surface area contributed by atoms with Crippen LogP contribution in [0.1, 0.15) is 52.4 Å². The lowest BCUT2D eigenvalue weighted by atomic mass is 9.71. The van der Waals surface area contributed by atoms with E-state index in [0.29, 0.717) is 18.7 Å². The Morgan fingerprint density at radius 2 is 1.84 bits per heavy atom. The van der Waals surface area contributed by atoms with E-state index < -0.39 is 0 Å². The van der Waals surface area contributed by atoms with Crippen molar-refractivity contribution in [3.05, 3.63) is 24.0 Å². The van der Waals surface area contributed by atoms with Crippen LogP contribution in [-0.2, 0) is 4.79 Å². The summed E-state index contributed by atoms with van der Waals surface area (Å²) in [4.78, 5) is 12.5. The molecule has 4 N–H and O–H groups in total. The number of rotatable bonds is 6. The molecule has 144 valence electrons. The topological polar surface area (TPSA) is 67.1 Å². The van der Waals surface area contributed by atoms with E-state index in [1.54, 1.807) is 6.07 Å². The van der Waals surface area contributed by atoms with E-state index in [4.69, 9.17) is 5.73 Å². The van der Waals surface area contributed by atoms with Gasteiger partial charge in [0.05, 0.1) is 11.4 Å². The molecule has 0 atom stereocenters. The van der Waals surface area contributed by atoms with E-state index in [1.165, 1.54) is 18.6 Å². The lowest BCUT2D eigenvalue weighted by molar-refractivity contribution is -0.118. The second kappa shape index (κ2) is 10.8. The van der Waals surface area contributed by atoms with Crippen molar-refractivity contribution in [2.75, 3.05) is 17.2 Å². The van der Waals surface area contributed by atoms with Gasteiger partial charge in [-0.1, -0.05) is 19.3 Å². The van der Waals surface area contributed by atoms with Crippen LogP contribution in [0.2, 0.25) is 0 Å². The van der Waals surface area contributed by atoms with Gasteiger partial charge in [-0.25, -0.2) is 4.39 Å². The van der Waals surface area contributed by atoms with Crippen LogP contribution in [0.15, 0.2) is 18.2 Å². The molecule has 0 aromatic heterocycles. The van der Waals surface area contributed by atoms with Crippen molar-refractivity contribution in [3.8, 4) is 0 Å². The molecule has 1 fully saturated rings. The van der Waals surface area contributed by atoms with Gasteiger partial charge in [0.15, 0.2) is 0 Å². The smallest absolute Gasteiger partial charge is 0.225 e. The molecule has 25 heavy (non-hydrogen) atoms. The standard InChI is InChI=1S/C18H28FN3O.2ClH/c1-13(2)21-15-7-6-14(19)10-16(15)22-17(23)11-18(12-20)8-4-3-5-9-18;;/h6-7,10,13,21H,3-5,8-9,11-12,20H2,1-2H3,(H,22,23);2*1H. The summed E-state index contributed by atoms with van der Waals surface area (Å²) in [5.41, 5.74) is 7.08. The van der Waals surface area contributed by atoms with Crippen LogP contribution >= 0.6 is 24.8 Å². The van der Waals surface area contributed by atoms with Gasteiger partial charge in [-0.05, 0) is 56.8 Å². The van der Waals surface area contributed by atoms with Crippen molar-refractivity contribution in [2.45, 2.75) is 58.4 Å². The summed E-state index contributed by atoms with van der Waals surface area (Å²) in [6, 6.07) is 4.61. The molecule has 1 saturated carbocycles. The molecule has 1 aromatic carbocycles. The fourth-order valence-corrected chi connectivity index (χ4v) is 3.35. The molecule has 0 radical (unpaired) electrons. The number of nitrogens with two attached hydrogens (primary N) is 1. The third kappa shape index (κ3) is 7.00. The van der Waals surface area contributed by atoms with Gasteiger partial charge in [0.25, 0.3) is 0 Å². The summed E-state index contributed by atoms with van der Waals surface area (Å²) < 4.78 is 13.5. The van der Waals surface area contributed by atoms with Crippen LogP contribution in [0.4, 0.5) is 15.8 Å². The van der Waals surface area contributed by atoms with Gasteiger partial charge in [-0.3, -0.25) is 4.79 Å². The SMILES string of the molecule is CC(C)Nc1ccc(F)cc1NC(=O)CC1(CN)CCCCC1.Cl.Cl. The fourth-order valence-electron chi connectivity index (χ4n) is 3.35. The van der Waals surface area contributed by atoms with Gasteiger partial charge in [0.2, 0.25) is 5.91 Å². The maximum atomic E-state index is 13.5. The van der Waals surface area contributed by atoms with Gasteiger partial charge in [-0.15, -0.1) is 24.8 Å². The molecular weight excluding hydrogens is 364 g/mol. The Balaban J connectivity index is 0.00000288. The second-order valence-corrected chi connectivity index (χ2v) is 6.98. The Kier molecular flexibility index (Phi) is 10.4. The summed E-state index contributed by atoms with van der Waals surface area (Å²) in [6.45, 7) is 4.53. The lowest BCUT2D eigenvalue weighted by Gasteiger charge is -2.35. The number of benzene rings is 1. The van der Waals surface area contributed by atoms with Crippen molar-refractivity contribution < 1.29 is 9.18 Å². The minimum atomic E-state index is -0.360. The number of carbonyl (C=O) groups excluding carboxylic acids is 1. The van der Waals surface area contributed by atoms with E-state index in [0.717, 1.165) is 31.4 Å². The predicted octanol–water partition coefficient (Wildman–Crippen LogP) is 4.73. The Morgan fingerprint density at radius 3 is 2.40 bits per heavy atom. The molecule has 1 aliphatic rings. The van der Waals surface area contributed by atoms with Crippen LogP contribution in [0.25, 0.3) is 0 Å². The fraction of sp³-hybridized carbons (Fsp3) is 0.611. The highest BCUT2D eigenvalue weighted by atomic mass is 35.5. The molecular formula is C18H30Cl2FN3O. The molecule has 0 saturated heterocycles. The van der Waals surface area contributed by atoms with E-state index in [2.05, 4.69) is 10.6 Å². The quantitative estimate of drug-likeness (QED) is 0.654. The number of amides is 1. The highest BCUT2D eigenvalue weighted by Gasteiger charge is 2.33. The molecule has 0 heterocycles. The monoisotopic (exact) mass is 393 g/mol. The normalized spacial score (nSPS) is 15.7. The molecule has 0 unspecified atom stereocenters. The summed E-state index contributed by atoms with van der Waals surface area (Å²) in [7, 11) is 0. The molecule has 2 rings (SSSR count). The van der Waals surface area contributed by atoms with Gasteiger partial charge < -0.3 is 16.4 Å². The number of hydrogen-bond acceptors (Lipinski definition) is 3. The first-order chi connectivity index (χ1) is 10.9. The number of halogens is 3. The first kappa shape index (κ1) is 24.0. The predicted molar refractivity (Wildman–Crippen MR) is 107 cm³/mol. The first-order valence-electron chi connectivity index (χ1n) is 8.50. The number of carbonyl (C=O) groups is 1. The van der Waals surface area contributed by atoms with Gasteiger partial charge in [0.1, 0.15) is 5.82 Å². The highest BCUT2D eigenvalue weighted by Crippen LogP contribution is 2.38. The van der Waals surface area contributed by atoms with Crippen LogP contribution in [0.5, 0.6) is 0 Å². The average molecular weight is 394 g/mol. The van der Waals surface area contributed by atoms with E-state index >= 15 is 0 Å². The van der Waals surface area contributed by atoms with Crippen molar-refractivity contribution in [2.24, 2.45) is 11.1 Å². The van der Waals surface area contributed by atoms with Crippen LogP contribution < -0.4 is 16.4 Å². The Labute approximate surface area is 162 Å². The molecule has 0 spiro atoms. The molecule has 0 aliphatic heterocycles. The summed E-state index contributed by atoms with van der Waals surface area (Å²) in [5, 5.41) is 6.09. The highest BCUT2D eigenvalue weighted by molar-refractivity contribution is 5.94. The minimum Gasteiger partial charge on any atom is -0.381 e. The number of nitrogens with one attached hydrogen (secondary N) is 2. The third-order valence-electron chi connectivity index (χ3n) is 4.58. The van der Waals surface area contributed by atoms with Crippen LogP contribution in [0, 0.1) is 11.2 Å². The molecule has 4 nitrogen and oxygen atoms in total. The van der Waals surface area contributed by atoms with Crippen molar-refractivity contribution in [1.82, 2.24) is 0 Å².